The first-order chi connectivity index (χ1) is 18.0. The van der Waals surface area contributed by atoms with Crippen molar-refractivity contribution in [2.75, 3.05) is 20.3 Å². The Morgan fingerprint density at radius 2 is 1.73 bits per heavy atom. The van der Waals surface area contributed by atoms with E-state index < -0.39 is 11.9 Å². The molecule has 0 aliphatic carbocycles. The number of unbranched alkanes of at least 4 members (excludes halogenated alkanes) is 1. The summed E-state index contributed by atoms with van der Waals surface area (Å²) in [5.74, 6) is 1.46. The van der Waals surface area contributed by atoms with Crippen LogP contribution in [0.1, 0.15) is 36.8 Å². The van der Waals surface area contributed by atoms with Crippen LogP contribution in [0.15, 0.2) is 78.2 Å². The summed E-state index contributed by atoms with van der Waals surface area (Å²) in [7, 11) is 1.57. The summed E-state index contributed by atoms with van der Waals surface area (Å²) < 4.78 is 27.8. The number of hydrogen-bond acceptors (Lipinski definition) is 8. The highest BCUT2D eigenvalue weighted by Gasteiger charge is 2.33. The van der Waals surface area contributed by atoms with Crippen LogP contribution in [0.25, 0.3) is 0 Å². The molecule has 1 heterocycles. The predicted molar refractivity (Wildman–Crippen MR) is 137 cm³/mol. The van der Waals surface area contributed by atoms with Crippen molar-refractivity contribution in [2.45, 2.75) is 25.7 Å². The molecule has 8 nitrogen and oxygen atoms in total. The van der Waals surface area contributed by atoms with Gasteiger partial charge in [0.25, 0.3) is 0 Å². The van der Waals surface area contributed by atoms with Crippen LogP contribution in [-0.2, 0) is 4.79 Å². The molecule has 0 aromatic heterocycles. The van der Waals surface area contributed by atoms with Crippen molar-refractivity contribution in [1.29, 1.82) is 5.26 Å². The molecule has 1 atom stereocenters. The third-order valence-electron chi connectivity index (χ3n) is 5.82. The number of nitrogens with zero attached hydrogens (tertiary/aromatic N) is 1. The molecule has 37 heavy (non-hydrogen) atoms. The van der Waals surface area contributed by atoms with Gasteiger partial charge in [-0.25, -0.2) is 4.79 Å². The average Bonchev–Trinajstić information content (AvgIpc) is 2.92. The van der Waals surface area contributed by atoms with Crippen molar-refractivity contribution in [3.8, 4) is 34.8 Å². The number of carbonyl (C=O) groups is 1. The standard InChI is InChI=1S/C29H28N2O6/c1-3-4-15-34-25-8-6-5-7-22(25)28-23-14-13-21(16-26(23)37-29(31)24(28)17-30)36-27(32)18-35-20-11-9-19(33-2)10-12-20/h5-14,16,28H,3-4,15,18,31H2,1-2H3. The van der Waals surface area contributed by atoms with Crippen molar-refractivity contribution >= 4 is 5.97 Å². The number of carbonyl (C=O) groups excluding carboxylic acids is 1. The van der Waals surface area contributed by atoms with Gasteiger partial charge in [0.15, 0.2) is 6.61 Å². The maximum Gasteiger partial charge on any atom is 0.349 e. The van der Waals surface area contributed by atoms with E-state index in [0.717, 1.165) is 18.4 Å². The molecule has 1 aliphatic heterocycles. The first kappa shape index (κ1) is 25.5. The number of ether oxygens (including phenoxy) is 5. The van der Waals surface area contributed by atoms with E-state index in [1.165, 1.54) is 0 Å². The van der Waals surface area contributed by atoms with E-state index >= 15 is 0 Å². The lowest BCUT2D eigenvalue weighted by Gasteiger charge is -2.28. The highest BCUT2D eigenvalue weighted by Crippen LogP contribution is 2.45. The van der Waals surface area contributed by atoms with E-state index in [1.54, 1.807) is 49.6 Å². The Hall–Kier alpha value is -4.64. The number of benzene rings is 3. The summed E-state index contributed by atoms with van der Waals surface area (Å²) in [6.45, 7) is 2.38. The number of esters is 1. The number of hydrogen-bond donors (Lipinski definition) is 1. The molecule has 1 unspecified atom stereocenters. The minimum Gasteiger partial charge on any atom is -0.497 e. The molecule has 3 aromatic rings. The third-order valence-corrected chi connectivity index (χ3v) is 5.82. The first-order valence-corrected chi connectivity index (χ1v) is 11.9. The lowest BCUT2D eigenvalue weighted by molar-refractivity contribution is -0.136. The van der Waals surface area contributed by atoms with E-state index in [-0.39, 0.29) is 23.8 Å². The molecule has 4 rings (SSSR count). The van der Waals surface area contributed by atoms with Gasteiger partial charge >= 0.3 is 5.97 Å². The normalized spacial score (nSPS) is 14.1. The summed E-state index contributed by atoms with van der Waals surface area (Å²) in [6.07, 6.45) is 1.92. The third kappa shape index (κ3) is 5.96. The second-order valence-corrected chi connectivity index (χ2v) is 8.30. The molecular formula is C29H28N2O6. The van der Waals surface area contributed by atoms with Crippen molar-refractivity contribution in [2.24, 2.45) is 5.73 Å². The molecule has 2 N–H and O–H groups in total. The van der Waals surface area contributed by atoms with E-state index in [2.05, 4.69) is 13.0 Å². The topological polar surface area (TPSA) is 113 Å². The maximum absolute atomic E-state index is 12.4. The minimum absolute atomic E-state index is 0.00493. The van der Waals surface area contributed by atoms with Gasteiger partial charge in [0.05, 0.1) is 19.6 Å². The van der Waals surface area contributed by atoms with Crippen LogP contribution in [0.3, 0.4) is 0 Å². The minimum atomic E-state index is -0.584. The van der Waals surface area contributed by atoms with Crippen molar-refractivity contribution in [1.82, 2.24) is 0 Å². The Morgan fingerprint density at radius 1 is 1.00 bits per heavy atom. The molecule has 1 aliphatic rings. The average molecular weight is 501 g/mol. The lowest BCUT2D eigenvalue weighted by atomic mass is 9.83. The molecule has 0 saturated carbocycles. The number of para-hydroxylation sites is 1. The largest absolute Gasteiger partial charge is 0.497 e. The Labute approximate surface area is 215 Å². The number of methoxy groups -OCH3 is 1. The number of nitrogens with two attached hydrogens (primary N) is 1. The highest BCUT2D eigenvalue weighted by molar-refractivity contribution is 5.74. The SMILES string of the molecule is CCCCOc1ccccc1C1C(C#N)=C(N)Oc2cc(OC(=O)COc3ccc(OC)cc3)ccc21. The molecule has 0 saturated heterocycles. The van der Waals surface area contributed by atoms with Crippen LogP contribution in [0, 0.1) is 11.3 Å². The van der Waals surface area contributed by atoms with Crippen molar-refractivity contribution in [3.05, 3.63) is 89.3 Å². The van der Waals surface area contributed by atoms with Crippen LogP contribution in [-0.4, -0.2) is 26.3 Å². The van der Waals surface area contributed by atoms with Gasteiger partial charge in [0.1, 0.15) is 40.4 Å². The maximum atomic E-state index is 12.4. The Bertz CT molecular complexity index is 1330. The highest BCUT2D eigenvalue weighted by atomic mass is 16.6. The Balaban J connectivity index is 1.54. The molecular weight excluding hydrogens is 472 g/mol. The van der Waals surface area contributed by atoms with Gasteiger partial charge in [0, 0.05) is 17.2 Å². The summed E-state index contributed by atoms with van der Waals surface area (Å²) in [6, 6.07) is 21.6. The molecule has 0 bridgehead atoms. The first-order valence-electron chi connectivity index (χ1n) is 11.9. The van der Waals surface area contributed by atoms with Gasteiger partial charge < -0.3 is 29.4 Å². The zero-order valence-corrected chi connectivity index (χ0v) is 20.7. The molecule has 0 amide bonds. The van der Waals surface area contributed by atoms with Gasteiger partial charge in [-0.15, -0.1) is 0 Å². The van der Waals surface area contributed by atoms with Crippen LogP contribution >= 0.6 is 0 Å². The number of allylic oxidation sites excluding steroid dienone is 1. The van der Waals surface area contributed by atoms with Crippen molar-refractivity contribution < 1.29 is 28.5 Å². The lowest BCUT2D eigenvalue weighted by Crippen LogP contribution is -2.22. The predicted octanol–water partition coefficient (Wildman–Crippen LogP) is 5.08. The molecule has 3 aromatic carbocycles. The smallest absolute Gasteiger partial charge is 0.349 e. The van der Waals surface area contributed by atoms with E-state index in [1.807, 2.05) is 24.3 Å². The second-order valence-electron chi connectivity index (χ2n) is 8.30. The zero-order chi connectivity index (χ0) is 26.2. The summed E-state index contributed by atoms with van der Waals surface area (Å²) >= 11 is 0. The Morgan fingerprint density at radius 3 is 2.46 bits per heavy atom. The van der Waals surface area contributed by atoms with Gasteiger partial charge in [-0.2, -0.15) is 5.26 Å². The second kappa shape index (κ2) is 11.9. The molecule has 8 heteroatoms. The fraction of sp³-hybridized carbons (Fsp3) is 0.241. The quantitative estimate of drug-likeness (QED) is 0.233. The number of nitriles is 1. The Kier molecular flexibility index (Phi) is 8.16. The van der Waals surface area contributed by atoms with Crippen LogP contribution in [0.5, 0.6) is 28.7 Å². The van der Waals surface area contributed by atoms with Gasteiger partial charge in [-0.3, -0.25) is 0 Å². The summed E-state index contributed by atoms with van der Waals surface area (Å²) in [5, 5.41) is 9.88. The fourth-order valence-corrected chi connectivity index (χ4v) is 3.97. The fourth-order valence-electron chi connectivity index (χ4n) is 3.97. The van der Waals surface area contributed by atoms with Gasteiger partial charge in [0.2, 0.25) is 5.88 Å². The van der Waals surface area contributed by atoms with Crippen LogP contribution in [0.4, 0.5) is 0 Å². The molecule has 0 spiro atoms. The van der Waals surface area contributed by atoms with Crippen molar-refractivity contribution in [3.63, 3.8) is 0 Å². The number of rotatable bonds is 10. The monoisotopic (exact) mass is 500 g/mol. The number of fused-ring (bicyclic) bond motifs is 1. The van der Waals surface area contributed by atoms with E-state index in [4.69, 9.17) is 29.4 Å². The zero-order valence-electron chi connectivity index (χ0n) is 20.7. The van der Waals surface area contributed by atoms with E-state index in [9.17, 15) is 10.1 Å². The molecule has 0 fully saturated rings. The summed E-state index contributed by atoms with van der Waals surface area (Å²) in [5.41, 5.74) is 7.95. The van der Waals surface area contributed by atoms with Gasteiger partial charge in [-0.05, 0) is 42.8 Å². The molecule has 0 radical (unpaired) electrons. The van der Waals surface area contributed by atoms with Crippen LogP contribution < -0.4 is 29.4 Å². The van der Waals surface area contributed by atoms with Gasteiger partial charge in [-0.1, -0.05) is 37.6 Å². The van der Waals surface area contributed by atoms with Crippen LogP contribution in [0.2, 0.25) is 0 Å². The summed E-state index contributed by atoms with van der Waals surface area (Å²) in [4.78, 5) is 12.4. The van der Waals surface area contributed by atoms with E-state index in [0.29, 0.717) is 35.2 Å². The molecule has 190 valence electrons.